The van der Waals surface area contributed by atoms with Crippen molar-refractivity contribution in [2.24, 2.45) is 0 Å². The number of hydrogen-bond donors (Lipinski definition) is 1. The van der Waals surface area contributed by atoms with Gasteiger partial charge in [-0.1, -0.05) is 60.7 Å². The molecule has 0 spiro atoms. The van der Waals surface area contributed by atoms with Gasteiger partial charge in [-0.3, -0.25) is 4.79 Å². The number of benzene rings is 3. The first-order chi connectivity index (χ1) is 13.1. The second-order valence-corrected chi connectivity index (χ2v) is 6.33. The number of hydrogen-bond acceptors (Lipinski definition) is 3. The van der Waals surface area contributed by atoms with E-state index in [4.69, 9.17) is 10.00 Å². The minimum atomic E-state index is -0.673. The molecule has 4 heteroatoms. The highest BCUT2D eigenvalue weighted by Crippen LogP contribution is 2.29. The van der Waals surface area contributed by atoms with Crippen molar-refractivity contribution in [2.45, 2.75) is 12.5 Å². The van der Waals surface area contributed by atoms with E-state index in [9.17, 15) is 4.79 Å². The first-order valence-corrected chi connectivity index (χ1v) is 8.67. The molecule has 134 valence electrons. The third-order valence-electron chi connectivity index (χ3n) is 4.45. The third-order valence-corrected chi connectivity index (χ3v) is 4.45. The van der Waals surface area contributed by atoms with Crippen LogP contribution in [0.4, 0.5) is 0 Å². The van der Waals surface area contributed by atoms with Crippen LogP contribution < -0.4 is 10.1 Å². The van der Waals surface area contributed by atoms with Crippen molar-refractivity contribution in [2.75, 3.05) is 6.61 Å². The molecule has 3 aromatic rings. The molecule has 0 radical (unpaired) electrons. The maximum Gasteiger partial charge on any atom is 0.258 e. The summed E-state index contributed by atoms with van der Waals surface area (Å²) in [5, 5.41) is 11.9. The summed E-state index contributed by atoms with van der Waals surface area (Å²) >= 11 is 0. The predicted molar refractivity (Wildman–Crippen MR) is 104 cm³/mol. The Morgan fingerprint density at radius 3 is 1.93 bits per heavy atom. The summed E-state index contributed by atoms with van der Waals surface area (Å²) in [6.07, 6.45) is 0. The zero-order chi connectivity index (χ0) is 19.1. The van der Waals surface area contributed by atoms with Crippen molar-refractivity contribution >= 4 is 5.91 Å². The van der Waals surface area contributed by atoms with Crippen LogP contribution in [0, 0.1) is 11.3 Å². The lowest BCUT2D eigenvalue weighted by Crippen LogP contribution is -2.46. The van der Waals surface area contributed by atoms with Gasteiger partial charge in [0.1, 0.15) is 5.75 Å². The van der Waals surface area contributed by atoms with Crippen molar-refractivity contribution in [3.05, 3.63) is 102 Å². The van der Waals surface area contributed by atoms with Crippen molar-refractivity contribution in [1.29, 1.82) is 5.26 Å². The SMILES string of the molecule is CC(NC(=O)COc1ccc(C#N)cc1)(c1ccccc1)c1ccccc1. The Hall–Kier alpha value is -3.58. The zero-order valence-corrected chi connectivity index (χ0v) is 15.1. The summed E-state index contributed by atoms with van der Waals surface area (Å²) < 4.78 is 5.56. The van der Waals surface area contributed by atoms with E-state index < -0.39 is 5.54 Å². The molecule has 1 N–H and O–H groups in total. The molecule has 4 nitrogen and oxygen atoms in total. The van der Waals surface area contributed by atoms with Gasteiger partial charge in [0.2, 0.25) is 0 Å². The number of rotatable bonds is 6. The van der Waals surface area contributed by atoms with Crippen LogP contribution >= 0.6 is 0 Å². The molecule has 3 aromatic carbocycles. The first kappa shape index (κ1) is 18.2. The maximum absolute atomic E-state index is 12.6. The third kappa shape index (κ3) is 4.34. The standard InChI is InChI=1S/C23H20N2O2/c1-23(19-8-4-2-5-9-19,20-10-6-3-7-11-20)25-22(26)17-27-21-14-12-18(16-24)13-15-21/h2-15H,17H2,1H3,(H,25,26). The molecule has 3 rings (SSSR count). The summed E-state index contributed by atoms with van der Waals surface area (Å²) in [7, 11) is 0. The minimum absolute atomic E-state index is 0.110. The molecule has 0 aliphatic rings. The quantitative estimate of drug-likeness (QED) is 0.726. The van der Waals surface area contributed by atoms with Gasteiger partial charge >= 0.3 is 0 Å². The molecule has 27 heavy (non-hydrogen) atoms. The van der Waals surface area contributed by atoms with E-state index in [2.05, 4.69) is 11.4 Å². The fraction of sp³-hybridized carbons (Fsp3) is 0.130. The molecular formula is C23H20N2O2. The lowest BCUT2D eigenvalue weighted by molar-refractivity contribution is -0.124. The minimum Gasteiger partial charge on any atom is -0.484 e. The number of nitriles is 1. The molecule has 0 fully saturated rings. The molecule has 0 saturated carbocycles. The van der Waals surface area contributed by atoms with Crippen molar-refractivity contribution in [3.63, 3.8) is 0 Å². The van der Waals surface area contributed by atoms with Crippen LogP contribution in [0.15, 0.2) is 84.9 Å². The number of carbonyl (C=O) groups excluding carboxylic acids is 1. The van der Waals surface area contributed by atoms with E-state index in [-0.39, 0.29) is 12.5 Å². The number of ether oxygens (including phenoxy) is 1. The fourth-order valence-corrected chi connectivity index (χ4v) is 2.94. The topological polar surface area (TPSA) is 62.1 Å². The first-order valence-electron chi connectivity index (χ1n) is 8.67. The summed E-state index contributed by atoms with van der Waals surface area (Å²) in [6, 6.07) is 28.4. The Kier molecular flexibility index (Phi) is 5.53. The van der Waals surface area contributed by atoms with Crippen LogP contribution in [-0.4, -0.2) is 12.5 Å². The van der Waals surface area contributed by atoms with E-state index in [0.29, 0.717) is 11.3 Å². The number of carbonyl (C=O) groups is 1. The van der Waals surface area contributed by atoms with Crippen molar-refractivity contribution < 1.29 is 9.53 Å². The van der Waals surface area contributed by atoms with Gasteiger partial charge < -0.3 is 10.1 Å². The highest BCUT2D eigenvalue weighted by Gasteiger charge is 2.30. The van der Waals surface area contributed by atoms with E-state index >= 15 is 0 Å². The molecule has 0 saturated heterocycles. The van der Waals surface area contributed by atoms with Crippen LogP contribution in [0.5, 0.6) is 5.75 Å². The van der Waals surface area contributed by atoms with E-state index in [1.54, 1.807) is 24.3 Å². The van der Waals surface area contributed by atoms with Crippen LogP contribution in [0.3, 0.4) is 0 Å². The molecule has 0 heterocycles. The molecule has 0 aliphatic heterocycles. The van der Waals surface area contributed by atoms with E-state index in [1.807, 2.05) is 67.6 Å². The molecular weight excluding hydrogens is 336 g/mol. The van der Waals surface area contributed by atoms with E-state index in [0.717, 1.165) is 11.1 Å². The Balaban J connectivity index is 1.76. The monoisotopic (exact) mass is 356 g/mol. The van der Waals surface area contributed by atoms with Gasteiger partial charge in [0, 0.05) is 0 Å². The summed E-state index contributed by atoms with van der Waals surface area (Å²) in [5.74, 6) is 0.319. The van der Waals surface area contributed by atoms with Gasteiger partial charge in [-0.15, -0.1) is 0 Å². The van der Waals surface area contributed by atoms with Gasteiger partial charge in [-0.2, -0.15) is 5.26 Å². The summed E-state index contributed by atoms with van der Waals surface area (Å²) in [4.78, 5) is 12.6. The smallest absolute Gasteiger partial charge is 0.258 e. The molecule has 1 amide bonds. The predicted octanol–water partition coefficient (Wildman–Crippen LogP) is 4.02. The Labute approximate surface area is 159 Å². The molecule has 0 aliphatic carbocycles. The molecule has 0 aromatic heterocycles. The summed E-state index contributed by atoms with van der Waals surface area (Å²) in [6.45, 7) is 1.87. The lowest BCUT2D eigenvalue weighted by Gasteiger charge is -2.32. The fourth-order valence-electron chi connectivity index (χ4n) is 2.94. The van der Waals surface area contributed by atoms with Crippen LogP contribution in [-0.2, 0) is 10.3 Å². The zero-order valence-electron chi connectivity index (χ0n) is 15.1. The normalized spacial score (nSPS) is 10.7. The van der Waals surface area contributed by atoms with Gasteiger partial charge in [-0.25, -0.2) is 0 Å². The van der Waals surface area contributed by atoms with Crippen LogP contribution in [0.2, 0.25) is 0 Å². The highest BCUT2D eigenvalue weighted by atomic mass is 16.5. The Morgan fingerprint density at radius 1 is 0.926 bits per heavy atom. The number of amides is 1. The molecule has 0 atom stereocenters. The van der Waals surface area contributed by atoms with Crippen molar-refractivity contribution in [1.82, 2.24) is 5.32 Å². The van der Waals surface area contributed by atoms with Crippen LogP contribution in [0.25, 0.3) is 0 Å². The largest absolute Gasteiger partial charge is 0.484 e. The van der Waals surface area contributed by atoms with Gasteiger partial charge in [-0.05, 0) is 42.3 Å². The summed E-state index contributed by atoms with van der Waals surface area (Å²) in [5.41, 5.74) is 1.85. The highest BCUT2D eigenvalue weighted by molar-refractivity contribution is 5.79. The second-order valence-electron chi connectivity index (χ2n) is 6.33. The van der Waals surface area contributed by atoms with E-state index in [1.165, 1.54) is 0 Å². The lowest BCUT2D eigenvalue weighted by atomic mass is 9.84. The number of nitrogens with zero attached hydrogens (tertiary/aromatic N) is 1. The molecule has 0 bridgehead atoms. The van der Waals surface area contributed by atoms with Gasteiger partial charge in [0.25, 0.3) is 5.91 Å². The van der Waals surface area contributed by atoms with Crippen molar-refractivity contribution in [3.8, 4) is 11.8 Å². The average Bonchev–Trinajstić information content (AvgIpc) is 2.74. The second kappa shape index (κ2) is 8.20. The van der Waals surface area contributed by atoms with Gasteiger partial charge in [0.15, 0.2) is 6.61 Å². The average molecular weight is 356 g/mol. The van der Waals surface area contributed by atoms with Gasteiger partial charge in [0.05, 0.1) is 17.2 Å². The maximum atomic E-state index is 12.6. The van der Waals surface area contributed by atoms with Crippen LogP contribution in [0.1, 0.15) is 23.6 Å². The Morgan fingerprint density at radius 2 is 1.44 bits per heavy atom. The Bertz CT molecular complexity index is 890. The molecule has 0 unspecified atom stereocenters. The number of nitrogens with one attached hydrogen (secondary N) is 1.